The summed E-state index contributed by atoms with van der Waals surface area (Å²) in [7, 11) is 0. The lowest BCUT2D eigenvalue weighted by Gasteiger charge is -2.27. The molecule has 0 aliphatic heterocycles. The van der Waals surface area contributed by atoms with Crippen LogP contribution in [0.1, 0.15) is 40.0 Å². The van der Waals surface area contributed by atoms with Gasteiger partial charge in [0.15, 0.2) is 0 Å². The quantitative estimate of drug-likeness (QED) is 0.516. The third-order valence-electron chi connectivity index (χ3n) is 2.20. The smallest absolute Gasteiger partial charge is 0.0296 e. The first kappa shape index (κ1) is 9.70. The van der Waals surface area contributed by atoms with E-state index in [1.807, 2.05) is 0 Å². The number of allylic oxidation sites excluding steroid dienone is 2. The van der Waals surface area contributed by atoms with Crippen molar-refractivity contribution in [2.24, 2.45) is 5.41 Å². The zero-order valence-electron chi connectivity index (χ0n) is 7.41. The van der Waals surface area contributed by atoms with Crippen molar-refractivity contribution < 1.29 is 0 Å². The zero-order valence-corrected chi connectivity index (χ0v) is 7.41. The van der Waals surface area contributed by atoms with Crippen LogP contribution in [0.25, 0.3) is 0 Å². The standard InChI is InChI=1S/C9H16.H3N/c1-8-4-6-9(2,3)7-5-8;/h4H,5-7H2,1-3H3;1H3. The van der Waals surface area contributed by atoms with E-state index in [-0.39, 0.29) is 6.15 Å². The fraction of sp³-hybridized carbons (Fsp3) is 0.778. The first-order chi connectivity index (χ1) is 4.10. The van der Waals surface area contributed by atoms with Crippen molar-refractivity contribution in [3.63, 3.8) is 0 Å². The highest BCUT2D eigenvalue weighted by Crippen LogP contribution is 2.33. The molecule has 1 aliphatic carbocycles. The molecule has 0 aromatic rings. The number of hydrogen-bond acceptors (Lipinski definition) is 1. The molecular weight excluding hydrogens is 122 g/mol. The van der Waals surface area contributed by atoms with Crippen LogP contribution in [-0.2, 0) is 0 Å². The summed E-state index contributed by atoms with van der Waals surface area (Å²) in [6.07, 6.45) is 6.34. The molecule has 0 fully saturated rings. The summed E-state index contributed by atoms with van der Waals surface area (Å²) in [5.74, 6) is 0. The maximum absolute atomic E-state index is 2.38. The van der Waals surface area contributed by atoms with Gasteiger partial charge in [-0.2, -0.15) is 0 Å². The molecule has 1 nitrogen and oxygen atoms in total. The Hall–Kier alpha value is -0.300. The molecule has 1 aliphatic rings. The Morgan fingerprint density at radius 3 is 2.30 bits per heavy atom. The molecule has 1 heteroatoms. The first-order valence-corrected chi connectivity index (χ1v) is 3.76. The molecule has 0 radical (unpaired) electrons. The molecule has 0 saturated carbocycles. The molecular formula is C9H19N. The highest BCUT2D eigenvalue weighted by atomic mass is 14.2. The van der Waals surface area contributed by atoms with E-state index in [0.29, 0.717) is 5.41 Å². The molecule has 0 amide bonds. The Bertz CT molecular complexity index is 134. The highest BCUT2D eigenvalue weighted by Gasteiger charge is 2.19. The third-order valence-corrected chi connectivity index (χ3v) is 2.20. The Labute approximate surface area is 64.1 Å². The van der Waals surface area contributed by atoms with Crippen LogP contribution in [0.15, 0.2) is 11.6 Å². The third kappa shape index (κ3) is 2.53. The van der Waals surface area contributed by atoms with E-state index in [1.54, 1.807) is 5.57 Å². The first-order valence-electron chi connectivity index (χ1n) is 3.76. The van der Waals surface area contributed by atoms with Crippen LogP contribution in [0.2, 0.25) is 0 Å². The summed E-state index contributed by atoms with van der Waals surface area (Å²) in [4.78, 5) is 0. The van der Waals surface area contributed by atoms with E-state index >= 15 is 0 Å². The Morgan fingerprint density at radius 1 is 1.40 bits per heavy atom. The van der Waals surface area contributed by atoms with Gasteiger partial charge in [-0.1, -0.05) is 25.5 Å². The summed E-state index contributed by atoms with van der Waals surface area (Å²) in [6.45, 7) is 6.92. The van der Waals surface area contributed by atoms with E-state index in [1.165, 1.54) is 19.3 Å². The maximum Gasteiger partial charge on any atom is -0.0296 e. The SMILES string of the molecule is CC1=CCC(C)(C)CC1.N. The van der Waals surface area contributed by atoms with E-state index in [0.717, 1.165) is 0 Å². The van der Waals surface area contributed by atoms with Crippen LogP contribution >= 0.6 is 0 Å². The molecule has 0 saturated heterocycles. The van der Waals surface area contributed by atoms with Crippen molar-refractivity contribution >= 4 is 0 Å². The Morgan fingerprint density at radius 2 is 2.00 bits per heavy atom. The van der Waals surface area contributed by atoms with Crippen LogP contribution < -0.4 is 6.15 Å². The Balaban J connectivity index is 0.000000810. The van der Waals surface area contributed by atoms with Gasteiger partial charge in [0.1, 0.15) is 0 Å². The Kier molecular flexibility index (Phi) is 3.10. The summed E-state index contributed by atoms with van der Waals surface area (Å²) >= 11 is 0. The van der Waals surface area contributed by atoms with Crippen LogP contribution in [0.4, 0.5) is 0 Å². The van der Waals surface area contributed by atoms with Gasteiger partial charge in [-0.15, -0.1) is 0 Å². The van der Waals surface area contributed by atoms with Crippen molar-refractivity contribution in [2.45, 2.75) is 40.0 Å². The molecule has 0 bridgehead atoms. The van der Waals surface area contributed by atoms with Crippen molar-refractivity contribution in [3.05, 3.63) is 11.6 Å². The normalized spacial score (nSPS) is 22.9. The summed E-state index contributed by atoms with van der Waals surface area (Å²) in [6, 6.07) is 0. The second-order valence-corrected chi connectivity index (χ2v) is 3.92. The fourth-order valence-corrected chi connectivity index (χ4v) is 1.19. The molecule has 0 aromatic heterocycles. The molecule has 0 unspecified atom stereocenters. The predicted molar refractivity (Wildman–Crippen MR) is 46.4 cm³/mol. The van der Waals surface area contributed by atoms with E-state index in [4.69, 9.17) is 0 Å². The minimum Gasteiger partial charge on any atom is -0.344 e. The molecule has 0 atom stereocenters. The summed E-state index contributed by atoms with van der Waals surface area (Å²) in [5.41, 5.74) is 2.16. The monoisotopic (exact) mass is 141 g/mol. The number of rotatable bonds is 0. The second-order valence-electron chi connectivity index (χ2n) is 3.92. The van der Waals surface area contributed by atoms with Crippen molar-refractivity contribution in [3.8, 4) is 0 Å². The van der Waals surface area contributed by atoms with Gasteiger partial charge in [0.05, 0.1) is 0 Å². The van der Waals surface area contributed by atoms with Gasteiger partial charge in [0, 0.05) is 0 Å². The summed E-state index contributed by atoms with van der Waals surface area (Å²) in [5, 5.41) is 0. The van der Waals surface area contributed by atoms with Gasteiger partial charge in [-0.25, -0.2) is 0 Å². The van der Waals surface area contributed by atoms with Gasteiger partial charge in [0.25, 0.3) is 0 Å². The van der Waals surface area contributed by atoms with Crippen molar-refractivity contribution in [2.75, 3.05) is 0 Å². The zero-order chi connectivity index (χ0) is 6.91. The average molecular weight is 141 g/mol. The summed E-state index contributed by atoms with van der Waals surface area (Å²) < 4.78 is 0. The second kappa shape index (κ2) is 3.20. The maximum atomic E-state index is 2.38. The minimum atomic E-state index is 0. The van der Waals surface area contributed by atoms with Gasteiger partial charge in [0.2, 0.25) is 0 Å². The molecule has 1 rings (SSSR count). The lowest BCUT2D eigenvalue weighted by molar-refractivity contribution is 0.325. The van der Waals surface area contributed by atoms with Crippen molar-refractivity contribution in [1.29, 1.82) is 0 Å². The topological polar surface area (TPSA) is 35.0 Å². The van der Waals surface area contributed by atoms with E-state index in [2.05, 4.69) is 26.8 Å². The fourth-order valence-electron chi connectivity index (χ4n) is 1.19. The van der Waals surface area contributed by atoms with Crippen molar-refractivity contribution in [1.82, 2.24) is 6.15 Å². The van der Waals surface area contributed by atoms with Gasteiger partial charge in [-0.05, 0) is 31.6 Å². The van der Waals surface area contributed by atoms with Crippen LogP contribution in [-0.4, -0.2) is 0 Å². The number of hydrogen-bond donors (Lipinski definition) is 1. The van der Waals surface area contributed by atoms with Crippen LogP contribution in [0, 0.1) is 5.41 Å². The van der Waals surface area contributed by atoms with Crippen LogP contribution in [0.3, 0.4) is 0 Å². The minimum absolute atomic E-state index is 0. The van der Waals surface area contributed by atoms with Gasteiger partial charge in [-0.3, -0.25) is 0 Å². The molecule has 0 heterocycles. The molecule has 60 valence electrons. The molecule has 10 heavy (non-hydrogen) atoms. The molecule has 3 N–H and O–H groups in total. The predicted octanol–water partition coefficient (Wildman–Crippen LogP) is 3.30. The highest BCUT2D eigenvalue weighted by molar-refractivity contribution is 5.04. The van der Waals surface area contributed by atoms with Gasteiger partial charge >= 0.3 is 0 Å². The molecule has 0 aromatic carbocycles. The molecule has 0 spiro atoms. The van der Waals surface area contributed by atoms with Crippen LogP contribution in [0.5, 0.6) is 0 Å². The average Bonchev–Trinajstić information content (AvgIpc) is 1.78. The van der Waals surface area contributed by atoms with E-state index < -0.39 is 0 Å². The largest absolute Gasteiger partial charge is 0.344 e. The lowest BCUT2D eigenvalue weighted by Crippen LogP contribution is -2.13. The van der Waals surface area contributed by atoms with Gasteiger partial charge < -0.3 is 6.15 Å². The lowest BCUT2D eigenvalue weighted by atomic mass is 9.79. The van der Waals surface area contributed by atoms with E-state index in [9.17, 15) is 0 Å².